The van der Waals surface area contributed by atoms with E-state index in [1.165, 1.54) is 11.7 Å². The summed E-state index contributed by atoms with van der Waals surface area (Å²) in [5.74, 6) is -0.209. The van der Waals surface area contributed by atoms with Crippen LogP contribution in [0.3, 0.4) is 0 Å². The molecule has 21 heavy (non-hydrogen) atoms. The first-order chi connectivity index (χ1) is 10.0. The number of rotatable bonds is 5. The minimum atomic E-state index is -0.351. The van der Waals surface area contributed by atoms with Crippen molar-refractivity contribution in [2.45, 2.75) is 20.0 Å². The lowest BCUT2D eigenvalue weighted by atomic mass is 10.2. The lowest BCUT2D eigenvalue weighted by Gasteiger charge is -2.11. The molecular weight excluding hydrogens is 389 g/mol. The van der Waals surface area contributed by atoms with Crippen molar-refractivity contribution in [2.24, 2.45) is 7.05 Å². The lowest BCUT2D eigenvalue weighted by molar-refractivity contribution is -0.134. The Morgan fingerprint density at radius 1 is 1.43 bits per heavy atom. The number of aryl methyl sites for hydroxylation is 1. The van der Waals surface area contributed by atoms with E-state index in [0.717, 1.165) is 13.8 Å². The van der Waals surface area contributed by atoms with E-state index in [2.05, 4.69) is 38.5 Å². The number of carbonyl (C=O) groups is 1. The molecule has 0 fully saturated rings. The van der Waals surface area contributed by atoms with E-state index in [-0.39, 0.29) is 18.2 Å². The maximum absolute atomic E-state index is 11.9. The fourth-order valence-corrected chi connectivity index (χ4v) is 2.25. The van der Waals surface area contributed by atoms with Crippen molar-refractivity contribution in [3.05, 3.63) is 37.8 Å². The molecule has 1 N–H and O–H groups in total. The molecule has 1 heterocycles. The van der Waals surface area contributed by atoms with Crippen molar-refractivity contribution in [3.8, 4) is 5.69 Å². The van der Waals surface area contributed by atoms with Gasteiger partial charge in [-0.15, -0.1) is 0 Å². The van der Waals surface area contributed by atoms with Crippen LogP contribution in [0.1, 0.15) is 18.9 Å². The fourth-order valence-electron chi connectivity index (χ4n) is 1.61. The van der Waals surface area contributed by atoms with Crippen LogP contribution in [0.25, 0.3) is 5.69 Å². The highest BCUT2D eigenvalue weighted by Crippen LogP contribution is 2.19. The SMILES string of the molecule is CCC(=O)NOCc1c(I)cccc1-n1nnn(C)c1=O. The standard InChI is InChI=1S/C12H14IN5O3/c1-3-11(19)14-21-7-8-9(13)5-4-6-10(8)18-12(20)17(2)15-16-18/h4-6H,3,7H2,1-2H3,(H,14,19). The summed E-state index contributed by atoms with van der Waals surface area (Å²) in [6.45, 7) is 1.86. The molecule has 0 atom stereocenters. The molecule has 0 saturated heterocycles. The molecule has 1 aromatic carbocycles. The van der Waals surface area contributed by atoms with Crippen LogP contribution in [0.5, 0.6) is 0 Å². The van der Waals surface area contributed by atoms with Crippen molar-refractivity contribution in [3.63, 3.8) is 0 Å². The molecule has 0 spiro atoms. The van der Waals surface area contributed by atoms with Crippen molar-refractivity contribution in [1.29, 1.82) is 0 Å². The molecule has 0 unspecified atom stereocenters. The highest BCUT2D eigenvalue weighted by Gasteiger charge is 2.14. The van der Waals surface area contributed by atoms with Gasteiger partial charge in [0.1, 0.15) is 6.61 Å². The number of benzene rings is 1. The van der Waals surface area contributed by atoms with Crippen LogP contribution in [-0.4, -0.2) is 25.7 Å². The quantitative estimate of drug-likeness (QED) is 0.581. The van der Waals surface area contributed by atoms with E-state index in [1.807, 2.05) is 12.1 Å². The van der Waals surface area contributed by atoms with Crippen LogP contribution in [0.15, 0.2) is 23.0 Å². The number of tetrazole rings is 1. The summed E-state index contributed by atoms with van der Waals surface area (Å²) < 4.78 is 3.24. The first-order valence-corrected chi connectivity index (χ1v) is 7.30. The van der Waals surface area contributed by atoms with Gasteiger partial charge in [-0.05, 0) is 45.2 Å². The van der Waals surface area contributed by atoms with Crippen molar-refractivity contribution < 1.29 is 9.63 Å². The molecule has 2 rings (SSSR count). The Morgan fingerprint density at radius 2 is 2.19 bits per heavy atom. The molecule has 112 valence electrons. The average Bonchev–Trinajstić information content (AvgIpc) is 2.80. The molecule has 0 aliphatic rings. The Hall–Kier alpha value is -1.75. The molecule has 0 aliphatic carbocycles. The third-order valence-corrected chi connectivity index (χ3v) is 3.78. The maximum atomic E-state index is 11.9. The van der Waals surface area contributed by atoms with Gasteiger partial charge in [0.2, 0.25) is 5.91 Å². The van der Waals surface area contributed by atoms with Gasteiger partial charge in [0.05, 0.1) is 5.69 Å². The van der Waals surface area contributed by atoms with Gasteiger partial charge in [0, 0.05) is 22.6 Å². The van der Waals surface area contributed by atoms with Crippen LogP contribution >= 0.6 is 22.6 Å². The summed E-state index contributed by atoms with van der Waals surface area (Å²) in [7, 11) is 1.53. The number of amides is 1. The lowest BCUT2D eigenvalue weighted by Crippen LogP contribution is -2.25. The Kier molecular flexibility index (Phi) is 5.07. The maximum Gasteiger partial charge on any atom is 0.368 e. The summed E-state index contributed by atoms with van der Waals surface area (Å²) in [4.78, 5) is 28.3. The van der Waals surface area contributed by atoms with Gasteiger partial charge in [-0.3, -0.25) is 9.63 Å². The van der Waals surface area contributed by atoms with E-state index in [4.69, 9.17) is 4.84 Å². The first kappa shape index (κ1) is 15.6. The number of hydrogen-bond donors (Lipinski definition) is 1. The zero-order chi connectivity index (χ0) is 15.4. The van der Waals surface area contributed by atoms with E-state index in [1.54, 1.807) is 13.0 Å². The number of hydrogen-bond acceptors (Lipinski definition) is 5. The molecule has 8 nitrogen and oxygen atoms in total. The second-order valence-corrected chi connectivity index (χ2v) is 5.36. The molecule has 0 aliphatic heterocycles. The normalized spacial score (nSPS) is 10.6. The highest BCUT2D eigenvalue weighted by atomic mass is 127. The molecular formula is C12H14IN5O3. The summed E-state index contributed by atoms with van der Waals surface area (Å²) in [5, 5.41) is 7.51. The zero-order valence-corrected chi connectivity index (χ0v) is 13.7. The van der Waals surface area contributed by atoms with Gasteiger partial charge in [-0.2, -0.15) is 9.36 Å². The van der Waals surface area contributed by atoms with Gasteiger partial charge in [-0.1, -0.05) is 13.0 Å². The predicted molar refractivity (Wildman–Crippen MR) is 82.5 cm³/mol. The number of hydroxylamine groups is 1. The van der Waals surface area contributed by atoms with Gasteiger partial charge < -0.3 is 0 Å². The Balaban J connectivity index is 2.30. The zero-order valence-electron chi connectivity index (χ0n) is 11.5. The monoisotopic (exact) mass is 403 g/mol. The largest absolute Gasteiger partial charge is 0.368 e. The minimum absolute atomic E-state index is 0.128. The second kappa shape index (κ2) is 6.80. The van der Waals surface area contributed by atoms with Crippen molar-refractivity contribution >= 4 is 28.5 Å². The third-order valence-electron chi connectivity index (χ3n) is 2.77. The summed E-state index contributed by atoms with van der Waals surface area (Å²) in [6.07, 6.45) is 0.336. The van der Waals surface area contributed by atoms with E-state index < -0.39 is 0 Å². The third kappa shape index (κ3) is 3.47. The van der Waals surface area contributed by atoms with Gasteiger partial charge >= 0.3 is 5.69 Å². The molecule has 1 amide bonds. The molecule has 0 saturated carbocycles. The molecule has 1 aromatic heterocycles. The van der Waals surface area contributed by atoms with Crippen LogP contribution in [0.2, 0.25) is 0 Å². The smallest absolute Gasteiger partial charge is 0.273 e. The van der Waals surface area contributed by atoms with Gasteiger partial charge in [-0.25, -0.2) is 10.3 Å². The Bertz CT molecular complexity index is 709. The number of nitrogens with one attached hydrogen (secondary N) is 1. The number of aromatic nitrogens is 4. The van der Waals surface area contributed by atoms with Gasteiger partial charge in [0.25, 0.3) is 0 Å². The summed E-state index contributed by atoms with van der Waals surface area (Å²) in [6, 6.07) is 5.44. The molecule has 9 heteroatoms. The predicted octanol–water partition coefficient (Wildman–Crippen LogP) is 0.528. The second-order valence-electron chi connectivity index (χ2n) is 4.20. The van der Waals surface area contributed by atoms with Crippen LogP contribution < -0.4 is 11.2 Å². The summed E-state index contributed by atoms with van der Waals surface area (Å²) >= 11 is 2.13. The number of nitrogens with zero attached hydrogens (tertiary/aromatic N) is 4. The molecule has 0 radical (unpaired) electrons. The Morgan fingerprint density at radius 3 is 2.81 bits per heavy atom. The van der Waals surface area contributed by atoms with Crippen molar-refractivity contribution in [1.82, 2.24) is 25.3 Å². The fraction of sp³-hybridized carbons (Fsp3) is 0.333. The number of carbonyl (C=O) groups excluding carboxylic acids is 1. The Labute approximate surface area is 134 Å². The van der Waals surface area contributed by atoms with Crippen LogP contribution in [-0.2, 0) is 23.3 Å². The van der Waals surface area contributed by atoms with Crippen LogP contribution in [0, 0.1) is 3.57 Å². The van der Waals surface area contributed by atoms with Crippen LogP contribution in [0.4, 0.5) is 0 Å². The summed E-state index contributed by atoms with van der Waals surface area (Å²) in [5.41, 5.74) is 3.31. The van der Waals surface area contributed by atoms with E-state index >= 15 is 0 Å². The molecule has 2 aromatic rings. The molecule has 0 bridgehead atoms. The first-order valence-electron chi connectivity index (χ1n) is 6.22. The topological polar surface area (TPSA) is 91.0 Å². The average molecular weight is 403 g/mol. The number of halogens is 1. The van der Waals surface area contributed by atoms with Gasteiger partial charge in [0.15, 0.2) is 0 Å². The van der Waals surface area contributed by atoms with E-state index in [9.17, 15) is 9.59 Å². The van der Waals surface area contributed by atoms with E-state index in [0.29, 0.717) is 12.1 Å². The highest BCUT2D eigenvalue weighted by molar-refractivity contribution is 14.1. The van der Waals surface area contributed by atoms with Crippen molar-refractivity contribution in [2.75, 3.05) is 0 Å². The minimum Gasteiger partial charge on any atom is -0.273 e.